The molecule has 1 heterocycles. The summed E-state index contributed by atoms with van der Waals surface area (Å²) in [6, 6.07) is 9.69. The van der Waals surface area contributed by atoms with Crippen LogP contribution in [0.2, 0.25) is 0 Å². The fraction of sp³-hybridized carbons (Fsp3) is 0.500. The Labute approximate surface area is 135 Å². The van der Waals surface area contributed by atoms with Gasteiger partial charge in [-0.05, 0) is 42.2 Å². The number of benzene rings is 1. The summed E-state index contributed by atoms with van der Waals surface area (Å²) in [5, 5.41) is 29.1. The predicted molar refractivity (Wildman–Crippen MR) is 85.0 cm³/mol. The molecule has 0 spiro atoms. The Bertz CT molecular complexity index is 581. The highest BCUT2D eigenvalue weighted by molar-refractivity contribution is 6.32. The zero-order valence-corrected chi connectivity index (χ0v) is 13.1. The van der Waals surface area contributed by atoms with E-state index in [2.05, 4.69) is 20.2 Å². The molecule has 2 aromatic rings. The van der Waals surface area contributed by atoms with Crippen LogP contribution in [0.5, 0.6) is 0 Å². The molecule has 0 saturated carbocycles. The molecule has 0 aliphatic carbocycles. The van der Waals surface area contributed by atoms with Gasteiger partial charge in [0.1, 0.15) is 0 Å². The first-order chi connectivity index (χ1) is 11.1. The molecule has 9 heteroatoms. The Morgan fingerprint density at radius 3 is 2.70 bits per heavy atom. The van der Waals surface area contributed by atoms with Crippen molar-refractivity contribution in [3.8, 4) is 0 Å². The van der Waals surface area contributed by atoms with Gasteiger partial charge in [0.2, 0.25) is 0 Å². The number of nitrogens with zero attached hydrogens (tertiary/aromatic N) is 4. The first kappa shape index (κ1) is 17.5. The van der Waals surface area contributed by atoms with Gasteiger partial charge < -0.3 is 20.4 Å². The van der Waals surface area contributed by atoms with E-state index in [9.17, 15) is 0 Å². The molecule has 4 N–H and O–H groups in total. The predicted octanol–water partition coefficient (Wildman–Crippen LogP) is 0.439. The van der Waals surface area contributed by atoms with Crippen LogP contribution in [0, 0.1) is 0 Å². The number of unbranched alkanes of at least 4 members (excludes halogenated alkanes) is 1. The third-order valence-corrected chi connectivity index (χ3v) is 3.68. The van der Waals surface area contributed by atoms with Crippen molar-refractivity contribution in [3.63, 3.8) is 0 Å². The molecule has 1 aromatic heterocycles. The minimum atomic E-state index is -1.72. The van der Waals surface area contributed by atoms with Crippen molar-refractivity contribution < 1.29 is 14.7 Å². The van der Waals surface area contributed by atoms with Crippen LogP contribution in [0.3, 0.4) is 0 Å². The van der Waals surface area contributed by atoms with E-state index in [1.165, 1.54) is 0 Å². The average Bonchev–Trinajstić information content (AvgIpc) is 3.04. The van der Waals surface area contributed by atoms with Crippen molar-refractivity contribution in [1.82, 2.24) is 20.2 Å². The maximum atomic E-state index is 8.60. The number of hydrogen-bond acceptors (Lipinski definition) is 7. The number of aromatic nitrogens is 4. The minimum absolute atomic E-state index is 0.000111. The van der Waals surface area contributed by atoms with E-state index in [1.807, 2.05) is 37.3 Å². The maximum absolute atomic E-state index is 8.60. The van der Waals surface area contributed by atoms with E-state index in [1.54, 1.807) is 4.68 Å². The normalized spacial score (nSPS) is 13.7. The summed E-state index contributed by atoms with van der Waals surface area (Å²) in [4.78, 5) is 0. The lowest BCUT2D eigenvalue weighted by atomic mass is 10.1. The molecular formula is C14H22BN5O3. The molecule has 0 radical (unpaired) electrons. The SMILES string of the molecule is C[C@@H](c1ccccc1)n1nnnc1C(N)CCCCOB(O)O. The van der Waals surface area contributed by atoms with Crippen molar-refractivity contribution in [3.05, 3.63) is 41.7 Å². The van der Waals surface area contributed by atoms with E-state index in [0.717, 1.165) is 12.0 Å². The van der Waals surface area contributed by atoms with Crippen molar-refractivity contribution in [2.45, 2.75) is 38.3 Å². The molecule has 0 amide bonds. The molecule has 2 atom stereocenters. The lowest BCUT2D eigenvalue weighted by Gasteiger charge is -2.17. The number of nitrogens with two attached hydrogens (primary N) is 1. The Morgan fingerprint density at radius 2 is 2.00 bits per heavy atom. The van der Waals surface area contributed by atoms with Gasteiger partial charge >= 0.3 is 7.32 Å². The van der Waals surface area contributed by atoms with Gasteiger partial charge in [-0.15, -0.1) is 5.10 Å². The van der Waals surface area contributed by atoms with Crippen LogP contribution in [-0.4, -0.2) is 44.2 Å². The summed E-state index contributed by atoms with van der Waals surface area (Å²) in [6.45, 7) is 2.30. The summed E-state index contributed by atoms with van der Waals surface area (Å²) in [5.74, 6) is 0.643. The number of tetrazole rings is 1. The smallest absolute Gasteiger partial charge is 0.402 e. The molecule has 124 valence electrons. The van der Waals surface area contributed by atoms with Crippen LogP contribution in [0.15, 0.2) is 30.3 Å². The van der Waals surface area contributed by atoms with Crippen LogP contribution in [0.1, 0.15) is 49.7 Å². The summed E-state index contributed by atoms with van der Waals surface area (Å²) >= 11 is 0. The molecule has 1 aromatic carbocycles. The monoisotopic (exact) mass is 319 g/mol. The Morgan fingerprint density at radius 1 is 1.26 bits per heavy atom. The summed E-state index contributed by atoms with van der Waals surface area (Å²) in [5.41, 5.74) is 7.31. The topological polar surface area (TPSA) is 119 Å². The third kappa shape index (κ3) is 5.10. The molecule has 23 heavy (non-hydrogen) atoms. The fourth-order valence-corrected chi connectivity index (χ4v) is 2.38. The average molecular weight is 319 g/mol. The molecule has 0 bridgehead atoms. The summed E-state index contributed by atoms with van der Waals surface area (Å²) in [7, 11) is -1.72. The van der Waals surface area contributed by atoms with E-state index >= 15 is 0 Å². The highest BCUT2D eigenvalue weighted by Crippen LogP contribution is 2.21. The largest absolute Gasteiger partial charge is 0.633 e. The van der Waals surface area contributed by atoms with Crippen LogP contribution in [0.25, 0.3) is 0 Å². The molecular weight excluding hydrogens is 297 g/mol. The van der Waals surface area contributed by atoms with Crippen LogP contribution in [0.4, 0.5) is 0 Å². The van der Waals surface area contributed by atoms with Crippen molar-refractivity contribution in [2.24, 2.45) is 5.73 Å². The quantitative estimate of drug-likeness (QED) is 0.453. The van der Waals surface area contributed by atoms with Gasteiger partial charge in [-0.1, -0.05) is 30.3 Å². The Hall–Kier alpha value is -1.81. The van der Waals surface area contributed by atoms with E-state index in [-0.39, 0.29) is 18.7 Å². The number of hydrogen-bond donors (Lipinski definition) is 3. The van der Waals surface area contributed by atoms with E-state index in [0.29, 0.717) is 18.7 Å². The van der Waals surface area contributed by atoms with Crippen LogP contribution >= 0.6 is 0 Å². The van der Waals surface area contributed by atoms with E-state index in [4.69, 9.17) is 15.8 Å². The Balaban J connectivity index is 1.92. The van der Waals surface area contributed by atoms with Crippen LogP contribution < -0.4 is 5.73 Å². The first-order valence-electron chi connectivity index (χ1n) is 7.65. The molecule has 0 fully saturated rings. The second kappa shape index (κ2) is 8.73. The Kier molecular flexibility index (Phi) is 6.66. The van der Waals surface area contributed by atoms with E-state index < -0.39 is 7.32 Å². The lowest BCUT2D eigenvalue weighted by Crippen LogP contribution is -2.21. The van der Waals surface area contributed by atoms with Crippen molar-refractivity contribution in [2.75, 3.05) is 6.61 Å². The van der Waals surface area contributed by atoms with Gasteiger partial charge in [-0.25, -0.2) is 4.68 Å². The molecule has 0 aliphatic heterocycles. The van der Waals surface area contributed by atoms with Crippen molar-refractivity contribution in [1.29, 1.82) is 0 Å². The van der Waals surface area contributed by atoms with Crippen molar-refractivity contribution >= 4 is 7.32 Å². The van der Waals surface area contributed by atoms with Gasteiger partial charge in [0, 0.05) is 6.61 Å². The molecule has 1 unspecified atom stereocenters. The second-order valence-electron chi connectivity index (χ2n) is 5.37. The molecule has 0 aliphatic rings. The molecule has 8 nitrogen and oxygen atoms in total. The first-order valence-corrected chi connectivity index (χ1v) is 7.65. The van der Waals surface area contributed by atoms with Gasteiger partial charge in [0.15, 0.2) is 5.82 Å². The highest BCUT2D eigenvalue weighted by Gasteiger charge is 2.19. The lowest BCUT2D eigenvalue weighted by molar-refractivity contribution is 0.181. The standard InChI is InChI=1S/C14H22BN5O3/c1-11(12-7-3-2-4-8-12)20-14(17-18-19-20)13(16)9-5-6-10-23-15(21)22/h2-4,7-8,11,13,21-22H,5-6,9-10,16H2,1H3/t11-,13?/m0/s1. The maximum Gasteiger partial charge on any atom is 0.633 e. The minimum Gasteiger partial charge on any atom is -0.402 e. The van der Waals surface area contributed by atoms with Gasteiger partial charge in [0.05, 0.1) is 12.1 Å². The molecule has 2 rings (SSSR count). The third-order valence-electron chi connectivity index (χ3n) is 3.68. The summed E-state index contributed by atoms with van der Waals surface area (Å²) in [6.07, 6.45) is 2.15. The molecule has 0 saturated heterocycles. The van der Waals surface area contributed by atoms with Gasteiger partial charge in [-0.3, -0.25) is 0 Å². The summed E-state index contributed by atoms with van der Waals surface area (Å²) < 4.78 is 6.40. The zero-order chi connectivity index (χ0) is 16.7. The highest BCUT2D eigenvalue weighted by atomic mass is 16.6. The van der Waals surface area contributed by atoms with Crippen LogP contribution in [-0.2, 0) is 4.65 Å². The fourth-order valence-electron chi connectivity index (χ4n) is 2.38. The zero-order valence-electron chi connectivity index (χ0n) is 13.1. The number of rotatable bonds is 9. The second-order valence-corrected chi connectivity index (χ2v) is 5.37. The van der Waals surface area contributed by atoms with Gasteiger partial charge in [-0.2, -0.15) is 0 Å². The van der Waals surface area contributed by atoms with Gasteiger partial charge in [0.25, 0.3) is 0 Å².